The highest BCUT2D eigenvalue weighted by Crippen LogP contribution is 2.30. The minimum Gasteiger partial charge on any atom is -0.457 e. The van der Waals surface area contributed by atoms with E-state index in [1.54, 1.807) is 0 Å². The van der Waals surface area contributed by atoms with E-state index in [9.17, 15) is 5.11 Å². The van der Waals surface area contributed by atoms with Crippen molar-refractivity contribution in [3.05, 3.63) is 56.5 Å². The third kappa shape index (κ3) is 3.13. The number of hydrogen-bond acceptors (Lipinski definition) is 2. The van der Waals surface area contributed by atoms with E-state index in [0.29, 0.717) is 5.75 Å². The monoisotopic (exact) mass is 370 g/mol. The summed E-state index contributed by atoms with van der Waals surface area (Å²) in [7, 11) is 0. The van der Waals surface area contributed by atoms with E-state index in [1.165, 1.54) is 0 Å². The van der Waals surface area contributed by atoms with Crippen LogP contribution in [0, 0.1) is 6.92 Å². The van der Waals surface area contributed by atoms with Crippen LogP contribution >= 0.6 is 31.9 Å². The van der Waals surface area contributed by atoms with Gasteiger partial charge in [-0.25, -0.2) is 0 Å². The first-order chi connectivity index (χ1) is 8.60. The summed E-state index contributed by atoms with van der Waals surface area (Å²) in [5.41, 5.74) is 1.87. The standard InChI is InChI=1S/C14H12Br2O2/c1-9-6-12(4-5-13(9)16)18-14-7-11(15)3-2-10(14)8-17/h2-7,17H,8H2,1H3. The van der Waals surface area contributed by atoms with Crippen molar-refractivity contribution in [2.24, 2.45) is 0 Å². The van der Waals surface area contributed by atoms with E-state index in [-0.39, 0.29) is 6.61 Å². The summed E-state index contributed by atoms with van der Waals surface area (Å²) in [6, 6.07) is 11.4. The van der Waals surface area contributed by atoms with E-state index < -0.39 is 0 Å². The van der Waals surface area contributed by atoms with Crippen molar-refractivity contribution in [3.8, 4) is 11.5 Å². The Balaban J connectivity index is 2.33. The lowest BCUT2D eigenvalue weighted by atomic mass is 10.2. The van der Waals surface area contributed by atoms with E-state index in [2.05, 4.69) is 31.9 Å². The molecule has 0 heterocycles. The van der Waals surface area contributed by atoms with Crippen LogP contribution in [0.1, 0.15) is 11.1 Å². The summed E-state index contributed by atoms with van der Waals surface area (Å²) in [6.07, 6.45) is 0. The van der Waals surface area contributed by atoms with Gasteiger partial charge in [0.15, 0.2) is 0 Å². The fourth-order valence-corrected chi connectivity index (χ4v) is 2.15. The van der Waals surface area contributed by atoms with E-state index in [0.717, 1.165) is 25.8 Å². The fraction of sp³-hybridized carbons (Fsp3) is 0.143. The average molecular weight is 372 g/mol. The molecule has 0 aromatic heterocycles. The summed E-state index contributed by atoms with van der Waals surface area (Å²) in [5.74, 6) is 1.41. The molecule has 0 unspecified atom stereocenters. The highest BCUT2D eigenvalue weighted by atomic mass is 79.9. The van der Waals surface area contributed by atoms with Crippen molar-refractivity contribution >= 4 is 31.9 Å². The van der Waals surface area contributed by atoms with Gasteiger partial charge in [0.05, 0.1) is 6.61 Å². The molecule has 0 aliphatic carbocycles. The van der Waals surface area contributed by atoms with E-state index in [4.69, 9.17) is 4.74 Å². The molecule has 2 aromatic carbocycles. The number of benzene rings is 2. The molecule has 2 aromatic rings. The van der Waals surface area contributed by atoms with Gasteiger partial charge in [-0.3, -0.25) is 0 Å². The van der Waals surface area contributed by atoms with Gasteiger partial charge in [-0.05, 0) is 42.8 Å². The van der Waals surface area contributed by atoms with Gasteiger partial charge in [0.2, 0.25) is 0 Å². The Labute approximate surface area is 123 Å². The molecule has 0 bridgehead atoms. The minimum absolute atomic E-state index is 0.0435. The number of hydrogen-bond donors (Lipinski definition) is 1. The van der Waals surface area contributed by atoms with E-state index >= 15 is 0 Å². The highest BCUT2D eigenvalue weighted by molar-refractivity contribution is 9.10. The molecule has 1 N–H and O–H groups in total. The van der Waals surface area contributed by atoms with Crippen LogP contribution < -0.4 is 4.74 Å². The Kier molecular flexibility index (Phi) is 4.43. The molecule has 0 atom stereocenters. The number of aliphatic hydroxyl groups excluding tert-OH is 1. The van der Waals surface area contributed by atoms with Gasteiger partial charge in [0, 0.05) is 14.5 Å². The summed E-state index contributed by atoms with van der Waals surface area (Å²) in [6.45, 7) is 1.96. The lowest BCUT2D eigenvalue weighted by molar-refractivity contribution is 0.276. The van der Waals surface area contributed by atoms with Crippen LogP contribution in [0.15, 0.2) is 45.3 Å². The Morgan fingerprint density at radius 3 is 2.56 bits per heavy atom. The number of aryl methyl sites for hydroxylation is 1. The van der Waals surface area contributed by atoms with Gasteiger partial charge in [0.25, 0.3) is 0 Å². The number of ether oxygens (including phenoxy) is 1. The normalized spacial score (nSPS) is 10.4. The molecular weight excluding hydrogens is 360 g/mol. The first-order valence-corrected chi connectivity index (χ1v) is 7.02. The summed E-state index contributed by atoms with van der Waals surface area (Å²) < 4.78 is 7.77. The first kappa shape index (κ1) is 13.6. The topological polar surface area (TPSA) is 29.5 Å². The fourth-order valence-electron chi connectivity index (χ4n) is 1.56. The predicted molar refractivity (Wildman–Crippen MR) is 79.0 cm³/mol. The molecule has 18 heavy (non-hydrogen) atoms. The second-order valence-electron chi connectivity index (χ2n) is 3.92. The van der Waals surface area contributed by atoms with Gasteiger partial charge in [-0.15, -0.1) is 0 Å². The molecule has 0 fully saturated rings. The third-order valence-electron chi connectivity index (χ3n) is 2.56. The molecular formula is C14H12Br2O2. The second-order valence-corrected chi connectivity index (χ2v) is 5.69. The average Bonchev–Trinajstić information content (AvgIpc) is 2.34. The van der Waals surface area contributed by atoms with Crippen LogP contribution in [-0.4, -0.2) is 5.11 Å². The molecule has 2 rings (SSSR count). The second kappa shape index (κ2) is 5.87. The van der Waals surface area contributed by atoms with Crippen molar-refractivity contribution < 1.29 is 9.84 Å². The summed E-state index contributed by atoms with van der Waals surface area (Å²) in [5, 5.41) is 9.28. The van der Waals surface area contributed by atoms with Crippen LogP contribution in [0.2, 0.25) is 0 Å². The number of halogens is 2. The maximum Gasteiger partial charge on any atom is 0.134 e. The molecule has 2 nitrogen and oxygen atoms in total. The maximum absolute atomic E-state index is 9.28. The largest absolute Gasteiger partial charge is 0.457 e. The Bertz CT molecular complexity index is 568. The molecule has 0 aliphatic heterocycles. The quantitative estimate of drug-likeness (QED) is 0.839. The SMILES string of the molecule is Cc1cc(Oc2cc(Br)ccc2CO)ccc1Br. The lowest BCUT2D eigenvalue weighted by Gasteiger charge is -2.11. The zero-order valence-corrected chi connectivity index (χ0v) is 13.0. The molecule has 94 valence electrons. The van der Waals surface area contributed by atoms with Gasteiger partial charge in [-0.2, -0.15) is 0 Å². The summed E-state index contributed by atoms with van der Waals surface area (Å²) >= 11 is 6.85. The van der Waals surface area contributed by atoms with Crippen molar-refractivity contribution in [3.63, 3.8) is 0 Å². The maximum atomic E-state index is 9.28. The van der Waals surface area contributed by atoms with E-state index in [1.807, 2.05) is 43.3 Å². The Hall–Kier alpha value is -0.840. The van der Waals surface area contributed by atoms with Crippen LogP contribution in [0.4, 0.5) is 0 Å². The van der Waals surface area contributed by atoms with Crippen LogP contribution in [0.5, 0.6) is 11.5 Å². The van der Waals surface area contributed by atoms with Crippen molar-refractivity contribution in [2.45, 2.75) is 13.5 Å². The lowest BCUT2D eigenvalue weighted by Crippen LogP contribution is -1.92. The highest BCUT2D eigenvalue weighted by Gasteiger charge is 2.06. The zero-order valence-electron chi connectivity index (χ0n) is 9.78. The molecule has 4 heteroatoms. The third-order valence-corrected chi connectivity index (χ3v) is 3.94. The molecule has 0 amide bonds. The van der Waals surface area contributed by atoms with Gasteiger partial charge in [0.1, 0.15) is 11.5 Å². The first-order valence-electron chi connectivity index (χ1n) is 5.43. The zero-order chi connectivity index (χ0) is 13.1. The van der Waals surface area contributed by atoms with Crippen LogP contribution in [0.3, 0.4) is 0 Å². The number of aliphatic hydroxyl groups is 1. The molecule has 0 saturated heterocycles. The molecule has 0 aliphatic rings. The molecule has 0 spiro atoms. The number of rotatable bonds is 3. The predicted octanol–water partition coefficient (Wildman–Crippen LogP) is 4.80. The van der Waals surface area contributed by atoms with Crippen LogP contribution in [-0.2, 0) is 6.61 Å². The van der Waals surface area contributed by atoms with Gasteiger partial charge < -0.3 is 9.84 Å². The van der Waals surface area contributed by atoms with Crippen molar-refractivity contribution in [1.29, 1.82) is 0 Å². The van der Waals surface area contributed by atoms with Gasteiger partial charge >= 0.3 is 0 Å². The molecule has 0 saturated carbocycles. The summed E-state index contributed by atoms with van der Waals surface area (Å²) in [4.78, 5) is 0. The van der Waals surface area contributed by atoms with Gasteiger partial charge in [-0.1, -0.05) is 37.9 Å². The Morgan fingerprint density at radius 1 is 1.11 bits per heavy atom. The smallest absolute Gasteiger partial charge is 0.134 e. The minimum atomic E-state index is -0.0435. The van der Waals surface area contributed by atoms with Crippen LogP contribution in [0.25, 0.3) is 0 Å². The van der Waals surface area contributed by atoms with Crippen molar-refractivity contribution in [1.82, 2.24) is 0 Å². The molecule has 0 radical (unpaired) electrons. The Morgan fingerprint density at radius 2 is 1.89 bits per heavy atom. The van der Waals surface area contributed by atoms with Crippen molar-refractivity contribution in [2.75, 3.05) is 0 Å².